The standard InChI is InChI=1S/C18H27N3/c1-13-7-6-8-15(11-13)12-19-14(2)18-20-16-9-4-5-10-17(16)21(18)3/h4-5,9-10,13-15,19H,6-8,11-12H2,1-3H3. The quantitative estimate of drug-likeness (QED) is 0.918. The Hall–Kier alpha value is -1.35. The highest BCUT2D eigenvalue weighted by Gasteiger charge is 2.20. The summed E-state index contributed by atoms with van der Waals surface area (Å²) in [6.45, 7) is 5.74. The monoisotopic (exact) mass is 285 g/mol. The molecule has 2 aromatic rings. The van der Waals surface area contributed by atoms with E-state index in [0.717, 1.165) is 29.7 Å². The fourth-order valence-corrected chi connectivity index (χ4v) is 3.73. The summed E-state index contributed by atoms with van der Waals surface area (Å²) >= 11 is 0. The summed E-state index contributed by atoms with van der Waals surface area (Å²) < 4.78 is 2.22. The van der Waals surface area contributed by atoms with E-state index < -0.39 is 0 Å². The van der Waals surface area contributed by atoms with Crippen LogP contribution < -0.4 is 5.32 Å². The van der Waals surface area contributed by atoms with Gasteiger partial charge in [0.2, 0.25) is 0 Å². The van der Waals surface area contributed by atoms with Crippen molar-refractivity contribution in [3.05, 3.63) is 30.1 Å². The molecule has 3 unspecified atom stereocenters. The Balaban J connectivity index is 1.66. The predicted molar refractivity (Wildman–Crippen MR) is 88.3 cm³/mol. The topological polar surface area (TPSA) is 29.9 Å². The van der Waals surface area contributed by atoms with Crippen LogP contribution >= 0.6 is 0 Å². The number of rotatable bonds is 4. The molecule has 0 aliphatic heterocycles. The SMILES string of the molecule is CC1CCCC(CNC(C)c2nc3ccccc3n2C)C1. The van der Waals surface area contributed by atoms with Crippen molar-refractivity contribution in [2.24, 2.45) is 18.9 Å². The molecule has 0 bridgehead atoms. The molecule has 3 heteroatoms. The van der Waals surface area contributed by atoms with Gasteiger partial charge in [0.05, 0.1) is 17.1 Å². The van der Waals surface area contributed by atoms with Crippen LogP contribution in [-0.4, -0.2) is 16.1 Å². The number of fused-ring (bicyclic) bond motifs is 1. The maximum absolute atomic E-state index is 4.79. The Labute approximate surface area is 127 Å². The molecular formula is C18H27N3. The Bertz CT molecular complexity index is 602. The molecular weight excluding hydrogens is 258 g/mol. The van der Waals surface area contributed by atoms with E-state index in [1.165, 1.54) is 31.2 Å². The van der Waals surface area contributed by atoms with E-state index in [4.69, 9.17) is 4.98 Å². The van der Waals surface area contributed by atoms with Crippen LogP contribution in [0.4, 0.5) is 0 Å². The van der Waals surface area contributed by atoms with Crippen LogP contribution in [0.1, 0.15) is 51.4 Å². The molecule has 0 radical (unpaired) electrons. The molecule has 3 rings (SSSR count). The van der Waals surface area contributed by atoms with Gasteiger partial charge in [-0.15, -0.1) is 0 Å². The van der Waals surface area contributed by atoms with Crippen LogP contribution in [0.2, 0.25) is 0 Å². The first-order valence-corrected chi connectivity index (χ1v) is 8.30. The van der Waals surface area contributed by atoms with Crippen LogP contribution in [0.3, 0.4) is 0 Å². The molecule has 1 heterocycles. The smallest absolute Gasteiger partial charge is 0.126 e. The first-order chi connectivity index (χ1) is 10.1. The molecule has 0 amide bonds. The molecule has 1 aromatic heterocycles. The number of hydrogen-bond acceptors (Lipinski definition) is 2. The minimum Gasteiger partial charge on any atom is -0.330 e. The summed E-state index contributed by atoms with van der Waals surface area (Å²) in [7, 11) is 2.12. The number of benzene rings is 1. The van der Waals surface area contributed by atoms with Gasteiger partial charge in [-0.25, -0.2) is 4.98 Å². The van der Waals surface area contributed by atoms with Crippen molar-refractivity contribution in [2.75, 3.05) is 6.54 Å². The third-order valence-electron chi connectivity index (χ3n) is 4.97. The summed E-state index contributed by atoms with van der Waals surface area (Å²) in [5.41, 5.74) is 2.31. The lowest BCUT2D eigenvalue weighted by Crippen LogP contribution is -2.29. The molecule has 3 nitrogen and oxygen atoms in total. The molecule has 1 aromatic carbocycles. The number of para-hydroxylation sites is 2. The van der Waals surface area contributed by atoms with Crippen molar-refractivity contribution in [3.8, 4) is 0 Å². The number of nitrogens with one attached hydrogen (secondary N) is 1. The third-order valence-corrected chi connectivity index (χ3v) is 4.97. The van der Waals surface area contributed by atoms with Gasteiger partial charge in [-0.1, -0.05) is 31.9 Å². The van der Waals surface area contributed by atoms with Gasteiger partial charge in [0, 0.05) is 7.05 Å². The Morgan fingerprint density at radius 3 is 2.90 bits per heavy atom. The van der Waals surface area contributed by atoms with Crippen molar-refractivity contribution < 1.29 is 0 Å². The minimum atomic E-state index is 0.305. The molecule has 1 aliphatic carbocycles. The lowest BCUT2D eigenvalue weighted by atomic mass is 9.82. The minimum absolute atomic E-state index is 0.305. The Kier molecular flexibility index (Phi) is 4.29. The van der Waals surface area contributed by atoms with E-state index in [0.29, 0.717) is 6.04 Å². The van der Waals surface area contributed by atoms with Crippen LogP contribution in [0.15, 0.2) is 24.3 Å². The maximum Gasteiger partial charge on any atom is 0.126 e. The highest BCUT2D eigenvalue weighted by Crippen LogP contribution is 2.28. The van der Waals surface area contributed by atoms with Gasteiger partial charge in [-0.05, 0) is 50.3 Å². The van der Waals surface area contributed by atoms with Crippen LogP contribution in [0.5, 0.6) is 0 Å². The summed E-state index contributed by atoms with van der Waals surface area (Å²) in [6, 6.07) is 8.67. The van der Waals surface area contributed by atoms with Gasteiger partial charge in [0.25, 0.3) is 0 Å². The maximum atomic E-state index is 4.79. The molecule has 3 atom stereocenters. The summed E-state index contributed by atoms with van der Waals surface area (Å²) in [4.78, 5) is 4.79. The van der Waals surface area contributed by atoms with Gasteiger partial charge < -0.3 is 9.88 Å². The Morgan fingerprint density at radius 1 is 1.33 bits per heavy atom. The van der Waals surface area contributed by atoms with E-state index in [2.05, 4.69) is 55.0 Å². The zero-order valence-electron chi connectivity index (χ0n) is 13.5. The zero-order valence-corrected chi connectivity index (χ0v) is 13.5. The fourth-order valence-electron chi connectivity index (χ4n) is 3.73. The van der Waals surface area contributed by atoms with E-state index >= 15 is 0 Å². The van der Waals surface area contributed by atoms with Crippen molar-refractivity contribution >= 4 is 11.0 Å². The summed E-state index contributed by atoms with van der Waals surface area (Å²) in [6.07, 6.45) is 5.57. The lowest BCUT2D eigenvalue weighted by Gasteiger charge is -2.28. The molecule has 21 heavy (non-hydrogen) atoms. The van der Waals surface area contributed by atoms with Crippen LogP contribution in [0, 0.1) is 11.8 Å². The van der Waals surface area contributed by atoms with Gasteiger partial charge in [0.15, 0.2) is 0 Å². The van der Waals surface area contributed by atoms with E-state index in [-0.39, 0.29) is 0 Å². The second kappa shape index (κ2) is 6.18. The number of aromatic nitrogens is 2. The van der Waals surface area contributed by atoms with Crippen molar-refractivity contribution in [2.45, 2.75) is 45.6 Å². The van der Waals surface area contributed by atoms with Gasteiger partial charge in [-0.3, -0.25) is 0 Å². The molecule has 1 N–H and O–H groups in total. The van der Waals surface area contributed by atoms with E-state index in [1.54, 1.807) is 0 Å². The number of hydrogen-bond donors (Lipinski definition) is 1. The fraction of sp³-hybridized carbons (Fsp3) is 0.611. The van der Waals surface area contributed by atoms with Crippen LogP contribution in [-0.2, 0) is 7.05 Å². The first-order valence-electron chi connectivity index (χ1n) is 8.30. The van der Waals surface area contributed by atoms with Crippen molar-refractivity contribution in [1.29, 1.82) is 0 Å². The summed E-state index contributed by atoms with van der Waals surface area (Å²) in [5, 5.41) is 3.71. The number of imidazole rings is 1. The highest BCUT2D eigenvalue weighted by atomic mass is 15.1. The average Bonchev–Trinajstić information content (AvgIpc) is 2.83. The molecule has 1 aliphatic rings. The zero-order chi connectivity index (χ0) is 14.8. The number of aryl methyl sites for hydroxylation is 1. The predicted octanol–water partition coefficient (Wildman–Crippen LogP) is 4.05. The second-order valence-corrected chi connectivity index (χ2v) is 6.79. The van der Waals surface area contributed by atoms with Crippen LogP contribution in [0.25, 0.3) is 11.0 Å². The molecule has 0 saturated heterocycles. The summed E-state index contributed by atoms with van der Waals surface area (Å²) in [5.74, 6) is 2.88. The third kappa shape index (κ3) is 3.13. The molecule has 114 valence electrons. The van der Waals surface area contributed by atoms with Crippen molar-refractivity contribution in [1.82, 2.24) is 14.9 Å². The first kappa shape index (κ1) is 14.6. The average molecular weight is 285 g/mol. The second-order valence-electron chi connectivity index (χ2n) is 6.79. The normalized spacial score (nSPS) is 24.3. The van der Waals surface area contributed by atoms with Gasteiger partial charge >= 0.3 is 0 Å². The molecule has 1 fully saturated rings. The van der Waals surface area contributed by atoms with Gasteiger partial charge in [0.1, 0.15) is 5.82 Å². The van der Waals surface area contributed by atoms with E-state index in [1.807, 2.05) is 0 Å². The van der Waals surface area contributed by atoms with Crippen molar-refractivity contribution in [3.63, 3.8) is 0 Å². The van der Waals surface area contributed by atoms with Gasteiger partial charge in [-0.2, -0.15) is 0 Å². The molecule has 1 saturated carbocycles. The highest BCUT2D eigenvalue weighted by molar-refractivity contribution is 5.75. The number of nitrogens with zero attached hydrogens (tertiary/aromatic N) is 2. The van der Waals surface area contributed by atoms with E-state index in [9.17, 15) is 0 Å². The Morgan fingerprint density at radius 2 is 2.14 bits per heavy atom. The molecule has 0 spiro atoms. The lowest BCUT2D eigenvalue weighted by molar-refractivity contribution is 0.267. The largest absolute Gasteiger partial charge is 0.330 e.